The number of aliphatic hydroxyl groups is 2. The number of imide groups is 1. The number of amides is 3. The third-order valence-corrected chi connectivity index (χ3v) is 4.81. The molecule has 1 fully saturated rings. The number of carbonyl (C=O) groups is 2. The van der Waals surface area contributed by atoms with E-state index >= 15 is 0 Å². The summed E-state index contributed by atoms with van der Waals surface area (Å²) in [5.41, 5.74) is -2.23. The van der Waals surface area contributed by atoms with E-state index in [1.54, 1.807) is 0 Å². The first-order valence-electron chi connectivity index (χ1n) is 8.70. The number of likely N-dealkylation sites (N-methyl/N-ethyl adjacent to an activating group) is 1. The van der Waals surface area contributed by atoms with E-state index in [-0.39, 0.29) is 12.5 Å². The number of aromatic nitrogens is 2. The number of azo groups is 1. The molecular weight excluding hydrogens is 404 g/mol. The first-order chi connectivity index (χ1) is 14.1. The van der Waals surface area contributed by atoms with Gasteiger partial charge in [-0.1, -0.05) is 0 Å². The van der Waals surface area contributed by atoms with Crippen LogP contribution in [0.2, 0.25) is 0 Å². The second-order valence-electron chi connectivity index (χ2n) is 6.76. The highest BCUT2D eigenvalue weighted by molar-refractivity contribution is 6.03. The van der Waals surface area contributed by atoms with Crippen molar-refractivity contribution in [3.63, 3.8) is 0 Å². The molecule has 3 unspecified atom stereocenters. The van der Waals surface area contributed by atoms with Gasteiger partial charge in [0.15, 0.2) is 12.2 Å². The summed E-state index contributed by atoms with van der Waals surface area (Å²) in [6.07, 6.45) is -2.25. The number of carbonyl (C=O) groups excluding carboxylic acids is 2. The van der Waals surface area contributed by atoms with E-state index in [9.17, 15) is 29.4 Å². The molecule has 2 aliphatic heterocycles. The summed E-state index contributed by atoms with van der Waals surface area (Å²) in [6.45, 7) is -0.890. The topological polar surface area (TPSA) is 194 Å². The molecule has 1 aromatic heterocycles. The molecule has 3 heterocycles. The zero-order valence-corrected chi connectivity index (χ0v) is 16.3. The minimum atomic E-state index is -1.27. The third kappa shape index (κ3) is 3.33. The number of nitrogens with zero attached hydrogens (tertiary/aromatic N) is 7. The van der Waals surface area contributed by atoms with Crippen LogP contribution in [-0.2, 0) is 18.9 Å². The Balaban J connectivity index is 2.05. The van der Waals surface area contributed by atoms with Crippen LogP contribution >= 0.6 is 0 Å². The van der Waals surface area contributed by atoms with E-state index in [0.717, 1.165) is 14.0 Å². The van der Waals surface area contributed by atoms with Crippen LogP contribution in [0.4, 0.5) is 10.5 Å². The Bertz CT molecular complexity index is 1070. The quantitative estimate of drug-likeness (QED) is 0.362. The van der Waals surface area contributed by atoms with Gasteiger partial charge >= 0.3 is 11.7 Å². The van der Waals surface area contributed by atoms with E-state index < -0.39 is 59.7 Å². The largest absolute Gasteiger partial charge is 0.493 e. The van der Waals surface area contributed by atoms with Gasteiger partial charge in [0, 0.05) is 21.1 Å². The molecule has 0 bridgehead atoms. The lowest BCUT2D eigenvalue weighted by atomic mass is 10.1. The Morgan fingerprint density at radius 2 is 1.80 bits per heavy atom. The SMILES string of the molecule is CN1C(=O)NC(=O)C2C1N=C(N=Nc1c(O)n(C)c(=O)n(C)c1=O)N2CC(O)CO. The average Bonchev–Trinajstić information content (AvgIpc) is 3.07. The van der Waals surface area contributed by atoms with Crippen molar-refractivity contribution in [3.05, 3.63) is 20.8 Å². The first-order valence-corrected chi connectivity index (χ1v) is 8.70. The van der Waals surface area contributed by atoms with Crippen LogP contribution in [0.3, 0.4) is 0 Å². The maximum absolute atomic E-state index is 12.3. The monoisotopic (exact) mass is 424 g/mol. The molecule has 3 rings (SSSR count). The number of aromatic hydroxyl groups is 1. The molecule has 15 heteroatoms. The minimum Gasteiger partial charge on any atom is -0.493 e. The molecule has 30 heavy (non-hydrogen) atoms. The number of β-amino-alcohol motifs (C(OH)–C–C–N with tert-alkyl or cyclic N) is 1. The Hall–Kier alpha value is -3.59. The van der Waals surface area contributed by atoms with Crippen LogP contribution in [0, 0.1) is 0 Å². The normalized spacial score (nSPS) is 22.4. The third-order valence-electron chi connectivity index (χ3n) is 4.81. The average molecular weight is 424 g/mol. The van der Waals surface area contributed by atoms with Gasteiger partial charge in [-0.05, 0) is 0 Å². The molecule has 0 aromatic carbocycles. The Morgan fingerprint density at radius 1 is 1.13 bits per heavy atom. The predicted octanol–water partition coefficient (Wildman–Crippen LogP) is -3.23. The second kappa shape index (κ2) is 7.68. The van der Waals surface area contributed by atoms with Crippen LogP contribution in [0.15, 0.2) is 24.8 Å². The fourth-order valence-corrected chi connectivity index (χ4v) is 3.07. The number of hydrogen-bond acceptors (Lipinski definition) is 11. The van der Waals surface area contributed by atoms with E-state index in [0.29, 0.717) is 0 Å². The zero-order valence-electron chi connectivity index (χ0n) is 16.3. The van der Waals surface area contributed by atoms with Gasteiger partial charge in [-0.3, -0.25) is 24.0 Å². The van der Waals surface area contributed by atoms with Gasteiger partial charge in [0.1, 0.15) is 0 Å². The standard InChI is InChI=1S/C15H20N8O7/c1-20-9-8(10(26)17-14(20)29)23(4-6(25)5-24)13(16-9)19-18-7-11(27)21(2)15(30)22(3)12(7)28/h6,8-9,24-25,27H,4-5H2,1-3H3,(H,17,26,29). The summed E-state index contributed by atoms with van der Waals surface area (Å²) in [5, 5.41) is 38.7. The highest BCUT2D eigenvalue weighted by Gasteiger charge is 2.49. The van der Waals surface area contributed by atoms with Crippen molar-refractivity contribution < 1.29 is 24.9 Å². The van der Waals surface area contributed by atoms with Gasteiger partial charge in [0.05, 0.1) is 19.3 Å². The van der Waals surface area contributed by atoms with Crippen LogP contribution in [0.25, 0.3) is 0 Å². The molecule has 2 aliphatic rings. The van der Waals surface area contributed by atoms with E-state index in [1.165, 1.54) is 26.0 Å². The Morgan fingerprint density at radius 3 is 2.43 bits per heavy atom. The molecular formula is C15H20N8O7. The molecule has 0 radical (unpaired) electrons. The van der Waals surface area contributed by atoms with Gasteiger partial charge < -0.3 is 25.1 Å². The number of guanidine groups is 1. The number of aliphatic imine (C=N–C) groups is 1. The summed E-state index contributed by atoms with van der Waals surface area (Å²) in [7, 11) is 3.82. The van der Waals surface area contributed by atoms with Crippen molar-refractivity contribution in [2.75, 3.05) is 20.2 Å². The van der Waals surface area contributed by atoms with Crippen LogP contribution < -0.4 is 16.6 Å². The summed E-state index contributed by atoms with van der Waals surface area (Å²) >= 11 is 0. The van der Waals surface area contributed by atoms with Crippen molar-refractivity contribution in [2.45, 2.75) is 18.3 Å². The van der Waals surface area contributed by atoms with E-state index in [1.807, 2.05) is 0 Å². The molecule has 3 atom stereocenters. The molecule has 1 saturated heterocycles. The maximum Gasteiger partial charge on any atom is 0.333 e. The Labute approximate surface area is 168 Å². The summed E-state index contributed by atoms with van der Waals surface area (Å²) in [5.74, 6) is -1.64. The number of urea groups is 1. The minimum absolute atomic E-state index is 0.218. The summed E-state index contributed by atoms with van der Waals surface area (Å²) in [6, 6.07) is -1.74. The maximum atomic E-state index is 12.3. The fourth-order valence-electron chi connectivity index (χ4n) is 3.07. The van der Waals surface area contributed by atoms with Crippen molar-refractivity contribution >= 4 is 23.6 Å². The summed E-state index contributed by atoms with van der Waals surface area (Å²) < 4.78 is 1.51. The molecule has 1 aromatic rings. The molecule has 3 amide bonds. The van der Waals surface area contributed by atoms with Crippen molar-refractivity contribution in [2.24, 2.45) is 29.3 Å². The van der Waals surface area contributed by atoms with E-state index in [4.69, 9.17) is 5.11 Å². The van der Waals surface area contributed by atoms with Crippen molar-refractivity contribution in [1.82, 2.24) is 24.3 Å². The molecule has 0 saturated carbocycles. The van der Waals surface area contributed by atoms with Gasteiger partial charge in [-0.25, -0.2) is 14.6 Å². The predicted molar refractivity (Wildman–Crippen MR) is 99.2 cm³/mol. The highest BCUT2D eigenvalue weighted by Crippen LogP contribution is 2.26. The highest BCUT2D eigenvalue weighted by atomic mass is 16.3. The molecule has 0 aliphatic carbocycles. The Kier molecular flexibility index (Phi) is 5.41. The van der Waals surface area contributed by atoms with Gasteiger partial charge in [0.2, 0.25) is 17.5 Å². The second-order valence-corrected chi connectivity index (χ2v) is 6.76. The lowest BCUT2D eigenvalue weighted by Crippen LogP contribution is -2.64. The molecule has 15 nitrogen and oxygen atoms in total. The van der Waals surface area contributed by atoms with Crippen LogP contribution in [0.5, 0.6) is 5.88 Å². The molecule has 4 N–H and O–H groups in total. The number of aliphatic hydroxyl groups excluding tert-OH is 2. The number of hydrogen-bond donors (Lipinski definition) is 4. The summed E-state index contributed by atoms with van der Waals surface area (Å²) in [4.78, 5) is 54.8. The number of rotatable bonds is 4. The van der Waals surface area contributed by atoms with Gasteiger partial charge in [0.25, 0.3) is 11.5 Å². The van der Waals surface area contributed by atoms with Crippen molar-refractivity contribution in [1.29, 1.82) is 0 Å². The number of nitrogens with one attached hydrogen (secondary N) is 1. The molecule has 0 spiro atoms. The van der Waals surface area contributed by atoms with E-state index in [2.05, 4.69) is 20.5 Å². The lowest BCUT2D eigenvalue weighted by Gasteiger charge is -2.36. The van der Waals surface area contributed by atoms with Crippen LogP contribution in [-0.4, -0.2) is 90.7 Å². The van der Waals surface area contributed by atoms with Gasteiger partial charge in [-0.2, -0.15) is 0 Å². The van der Waals surface area contributed by atoms with Gasteiger partial charge in [-0.15, -0.1) is 10.2 Å². The first kappa shape index (κ1) is 21.1. The molecule has 162 valence electrons. The lowest BCUT2D eigenvalue weighted by molar-refractivity contribution is -0.127. The van der Waals surface area contributed by atoms with Crippen molar-refractivity contribution in [3.8, 4) is 5.88 Å². The number of fused-ring (bicyclic) bond motifs is 1. The smallest absolute Gasteiger partial charge is 0.333 e. The zero-order chi connectivity index (χ0) is 22.3. The van der Waals surface area contributed by atoms with Crippen LogP contribution in [0.1, 0.15) is 0 Å². The fraction of sp³-hybridized carbons (Fsp3) is 0.533.